The Morgan fingerprint density at radius 3 is 1.12 bits per heavy atom. The van der Waals surface area contributed by atoms with E-state index in [1.54, 1.807) is 0 Å². The van der Waals surface area contributed by atoms with E-state index in [9.17, 15) is 0 Å². The van der Waals surface area contributed by atoms with Gasteiger partial charge < -0.3 is 13.6 Å². The van der Waals surface area contributed by atoms with E-state index in [0.717, 1.165) is 33.3 Å². The van der Waals surface area contributed by atoms with Crippen LogP contribution in [0.25, 0.3) is 76.9 Å². The molecule has 3 aromatic heterocycles. The molecule has 3 heterocycles. The van der Waals surface area contributed by atoms with Crippen molar-refractivity contribution in [2.75, 3.05) is 0 Å². The smallest absolute Gasteiger partial charge is 0.159 e. The van der Waals surface area contributed by atoms with Crippen molar-refractivity contribution in [3.8, 4) is 11.4 Å². The lowest BCUT2D eigenvalue weighted by molar-refractivity contribution is 0.590. The lowest BCUT2D eigenvalue weighted by Crippen LogP contribution is -2.11. The first-order valence-corrected chi connectivity index (χ1v) is 21.6. The van der Waals surface area contributed by atoms with Gasteiger partial charge in [0.2, 0.25) is 0 Å². The average Bonchev–Trinajstić information content (AvgIpc) is 3.79. The summed E-state index contributed by atoms with van der Waals surface area (Å²) in [5.41, 5.74) is 19.8. The van der Waals surface area contributed by atoms with Gasteiger partial charge in [-0.15, -0.1) is 0 Å². The van der Waals surface area contributed by atoms with Gasteiger partial charge in [-0.25, -0.2) is 0 Å². The number of rotatable bonds is 2. The Morgan fingerprint density at radius 1 is 0.373 bits per heavy atom. The van der Waals surface area contributed by atoms with Gasteiger partial charge >= 0.3 is 0 Å². The topological polar surface area (TPSA) is 23.0 Å². The molecule has 0 aliphatic carbocycles. The minimum atomic E-state index is 0.0255. The van der Waals surface area contributed by atoms with Gasteiger partial charge in [-0.1, -0.05) is 119 Å². The first-order valence-electron chi connectivity index (χ1n) is 21.6. The maximum absolute atomic E-state index is 7.01. The molecule has 0 N–H and O–H groups in total. The maximum atomic E-state index is 7.01. The average molecular weight is 779 g/mol. The van der Waals surface area contributed by atoms with E-state index in [0.29, 0.717) is 0 Å². The van der Waals surface area contributed by atoms with Crippen molar-refractivity contribution in [1.82, 2.24) is 9.13 Å². The molecule has 6 aromatic carbocycles. The number of aryl methyl sites for hydroxylation is 4. The van der Waals surface area contributed by atoms with Gasteiger partial charge in [0.15, 0.2) is 5.58 Å². The third-order valence-corrected chi connectivity index (χ3v) is 13.1. The highest BCUT2D eigenvalue weighted by Gasteiger charge is 2.27. The minimum Gasteiger partial charge on any atom is -0.454 e. The van der Waals surface area contributed by atoms with Crippen molar-refractivity contribution in [3.63, 3.8) is 0 Å². The predicted molar refractivity (Wildman–Crippen MR) is 256 cm³/mol. The van der Waals surface area contributed by atoms with Crippen LogP contribution < -0.4 is 0 Å². The summed E-state index contributed by atoms with van der Waals surface area (Å²) >= 11 is 0. The van der Waals surface area contributed by atoms with Gasteiger partial charge in [0.1, 0.15) is 5.58 Å². The summed E-state index contributed by atoms with van der Waals surface area (Å²) in [5, 5.41) is 7.49. The largest absolute Gasteiger partial charge is 0.454 e. The Kier molecular flexibility index (Phi) is 8.38. The van der Waals surface area contributed by atoms with E-state index in [4.69, 9.17) is 4.42 Å². The molecule has 9 aromatic rings. The molecule has 3 nitrogen and oxygen atoms in total. The van der Waals surface area contributed by atoms with Crippen LogP contribution in [0.4, 0.5) is 0 Å². The third-order valence-electron chi connectivity index (χ3n) is 13.1. The van der Waals surface area contributed by atoms with Crippen LogP contribution in [0.5, 0.6) is 0 Å². The molecule has 9 rings (SSSR count). The van der Waals surface area contributed by atoms with Gasteiger partial charge in [0, 0.05) is 38.0 Å². The number of aromatic nitrogens is 2. The summed E-state index contributed by atoms with van der Waals surface area (Å²) in [6.45, 7) is 36.9. The predicted octanol–water partition coefficient (Wildman–Crippen LogP) is 16.2. The van der Waals surface area contributed by atoms with E-state index in [1.165, 1.54) is 88.1 Å². The second-order valence-corrected chi connectivity index (χ2v) is 21.9. The van der Waals surface area contributed by atoms with E-state index in [2.05, 4.69) is 205 Å². The van der Waals surface area contributed by atoms with E-state index >= 15 is 0 Å². The van der Waals surface area contributed by atoms with Crippen molar-refractivity contribution in [3.05, 3.63) is 129 Å². The van der Waals surface area contributed by atoms with Gasteiger partial charge in [-0.3, -0.25) is 0 Å². The van der Waals surface area contributed by atoms with E-state index < -0.39 is 0 Å². The third kappa shape index (κ3) is 6.05. The Bertz CT molecular complexity index is 3060. The monoisotopic (exact) mass is 778 g/mol. The number of nitrogens with zero attached hydrogens (tertiary/aromatic N) is 2. The summed E-state index contributed by atoms with van der Waals surface area (Å²) in [4.78, 5) is 0. The van der Waals surface area contributed by atoms with Gasteiger partial charge in [-0.05, 0) is 142 Å². The number of hydrogen-bond donors (Lipinski definition) is 0. The Balaban J connectivity index is 1.34. The minimum absolute atomic E-state index is 0.0255. The fraction of sp³-hybridized carbons (Fsp3) is 0.357. The molecule has 0 saturated heterocycles. The van der Waals surface area contributed by atoms with Crippen LogP contribution in [0.3, 0.4) is 0 Å². The number of fused-ring (bicyclic) bond motifs is 9. The highest BCUT2D eigenvalue weighted by molar-refractivity contribution is 6.16. The Hall–Kier alpha value is -5.28. The molecule has 0 aliphatic rings. The SMILES string of the molecule is Cc1cc(C(C)(C)C)cc2c3cc(C(C)(C)C)cc(C)c3n(-c3ccc4oc5c(-n6c7c(C)cc(C(C)(C)C)cc7c7cc(C(C)(C)C)cc(C)c76)cccc5c4c3)c12. The zero-order valence-corrected chi connectivity index (χ0v) is 38.4. The molecular weight excluding hydrogens is 717 g/mol. The quantitative estimate of drug-likeness (QED) is 0.171. The molecule has 0 bridgehead atoms. The Morgan fingerprint density at radius 2 is 0.746 bits per heavy atom. The normalized spacial score (nSPS) is 13.4. The highest BCUT2D eigenvalue weighted by Crippen LogP contribution is 2.45. The molecule has 0 radical (unpaired) electrons. The van der Waals surface area contributed by atoms with Crippen LogP contribution in [0.1, 0.15) is 128 Å². The molecule has 0 amide bonds. The van der Waals surface area contributed by atoms with E-state index in [1.807, 2.05) is 0 Å². The summed E-state index contributed by atoms with van der Waals surface area (Å²) in [6, 6.07) is 32.9. The summed E-state index contributed by atoms with van der Waals surface area (Å²) in [5.74, 6) is 0. The van der Waals surface area contributed by atoms with Crippen LogP contribution in [0.15, 0.2) is 89.3 Å². The molecule has 0 aliphatic heterocycles. The maximum Gasteiger partial charge on any atom is 0.159 e. The van der Waals surface area contributed by atoms with Crippen molar-refractivity contribution < 1.29 is 4.42 Å². The fourth-order valence-electron chi connectivity index (χ4n) is 9.67. The van der Waals surface area contributed by atoms with Crippen LogP contribution in [-0.2, 0) is 21.7 Å². The van der Waals surface area contributed by atoms with E-state index in [-0.39, 0.29) is 21.7 Å². The molecule has 0 saturated carbocycles. The number of hydrogen-bond acceptors (Lipinski definition) is 1. The van der Waals surface area contributed by atoms with Crippen LogP contribution in [0.2, 0.25) is 0 Å². The van der Waals surface area contributed by atoms with Crippen molar-refractivity contribution in [2.45, 2.75) is 132 Å². The van der Waals surface area contributed by atoms with Gasteiger partial charge in [0.05, 0.1) is 27.8 Å². The van der Waals surface area contributed by atoms with Gasteiger partial charge in [-0.2, -0.15) is 0 Å². The molecule has 0 spiro atoms. The molecule has 0 atom stereocenters. The van der Waals surface area contributed by atoms with Crippen LogP contribution in [-0.4, -0.2) is 9.13 Å². The summed E-state index contributed by atoms with van der Waals surface area (Å²) in [7, 11) is 0. The number of para-hydroxylation sites is 1. The second-order valence-electron chi connectivity index (χ2n) is 21.9. The fourth-order valence-corrected chi connectivity index (χ4v) is 9.67. The first-order chi connectivity index (χ1) is 27.4. The second kappa shape index (κ2) is 12.6. The highest BCUT2D eigenvalue weighted by atomic mass is 16.3. The van der Waals surface area contributed by atoms with Gasteiger partial charge in [0.25, 0.3) is 0 Å². The lowest BCUT2D eigenvalue weighted by atomic mass is 9.83. The van der Waals surface area contributed by atoms with Crippen molar-refractivity contribution in [2.24, 2.45) is 0 Å². The lowest BCUT2D eigenvalue weighted by Gasteiger charge is -2.21. The summed E-state index contributed by atoms with van der Waals surface area (Å²) < 4.78 is 12.0. The zero-order chi connectivity index (χ0) is 42.5. The molecule has 3 heteroatoms. The molecular formula is C56H62N2O. The Labute approximate surface area is 351 Å². The van der Waals surface area contributed by atoms with Crippen molar-refractivity contribution >= 4 is 65.6 Å². The molecule has 302 valence electrons. The molecule has 59 heavy (non-hydrogen) atoms. The number of furan rings is 1. The van der Waals surface area contributed by atoms with Crippen LogP contribution >= 0.6 is 0 Å². The first kappa shape index (κ1) is 39.2. The van der Waals surface area contributed by atoms with Crippen molar-refractivity contribution in [1.29, 1.82) is 0 Å². The summed E-state index contributed by atoms with van der Waals surface area (Å²) in [6.07, 6.45) is 0. The standard InChI is InChI=1S/C56H62N2O/c1-31-22-35(53(5,6)7)26-42-43-27-36(54(8,9)10)23-32(2)49(43)57(48(31)42)39-20-21-47-41(30-39)40-18-17-19-46(52(40)59-47)58-50-33(3)24-37(55(11,12)13)28-44(50)45-29-38(56(14,15)16)25-34(4)51(45)58/h17-30H,1-16H3. The molecule has 0 fully saturated rings. The zero-order valence-electron chi connectivity index (χ0n) is 38.4. The number of benzene rings is 6. The molecule has 0 unspecified atom stereocenters. The van der Waals surface area contributed by atoms with Crippen LogP contribution in [0, 0.1) is 27.7 Å².